The van der Waals surface area contributed by atoms with E-state index in [0.29, 0.717) is 97.5 Å². The predicted octanol–water partition coefficient (Wildman–Crippen LogP) is 26.2. The molecule has 7 heterocycles. The van der Waals surface area contributed by atoms with Crippen LogP contribution in [0.3, 0.4) is 0 Å². The third-order valence-corrected chi connectivity index (χ3v) is 47.2. The Morgan fingerprint density at radius 1 is 0.270 bits per heavy atom. The van der Waals surface area contributed by atoms with Gasteiger partial charge in [-0.25, -0.2) is 0 Å². The molecule has 0 spiro atoms. The van der Waals surface area contributed by atoms with E-state index in [-0.39, 0.29) is 32.9 Å². The number of fused-ring (bicyclic) bond motifs is 6. The molecule has 0 aromatic heterocycles. The van der Waals surface area contributed by atoms with Crippen molar-refractivity contribution in [3.63, 3.8) is 0 Å². The Labute approximate surface area is 851 Å². The maximum absolute atomic E-state index is 12.4. The van der Waals surface area contributed by atoms with Gasteiger partial charge in [0.25, 0.3) is 0 Å². The molecule has 13 aromatic rings. The van der Waals surface area contributed by atoms with Crippen LogP contribution in [0.4, 0.5) is 13.2 Å². The quantitative estimate of drug-likeness (QED) is 0.0693. The van der Waals surface area contributed by atoms with Crippen LogP contribution in [0.25, 0.3) is 64.6 Å². The molecule has 9 nitrogen and oxygen atoms in total. The van der Waals surface area contributed by atoms with Gasteiger partial charge in [0.05, 0.1) is 52.9 Å². The molecule has 0 radical (unpaired) electrons. The Kier molecular flexibility index (Phi) is 41.4. The van der Waals surface area contributed by atoms with Gasteiger partial charge >= 0.3 is 6.18 Å². The highest BCUT2D eigenvalue weighted by atomic mass is 32.2. The van der Waals surface area contributed by atoms with Crippen LogP contribution in [-0.2, 0) is 116 Å². The second-order valence-corrected chi connectivity index (χ2v) is 57.8. The molecule has 0 atom stereocenters. The van der Waals surface area contributed by atoms with Crippen molar-refractivity contribution in [1.82, 2.24) is 0 Å². The highest BCUT2D eigenvalue weighted by Crippen LogP contribution is 2.43. The van der Waals surface area contributed by atoms with Crippen molar-refractivity contribution >= 4 is 188 Å². The van der Waals surface area contributed by atoms with E-state index in [0.717, 1.165) is 90.3 Å². The summed E-state index contributed by atoms with van der Waals surface area (Å²) in [4.78, 5) is 10.3. The summed E-state index contributed by atoms with van der Waals surface area (Å²) in [5, 5.41) is 24.8. The average Bonchev–Trinajstić information content (AvgIpc) is 0.785. The first-order valence-corrected chi connectivity index (χ1v) is 63.6. The molecule has 730 valence electrons. The van der Waals surface area contributed by atoms with Crippen molar-refractivity contribution in [3.8, 4) is 23.0 Å². The molecule has 1 N–H and O–H groups in total. The van der Waals surface area contributed by atoms with Crippen LogP contribution in [0.1, 0.15) is 79.0 Å². The van der Waals surface area contributed by atoms with Crippen LogP contribution >= 0.6 is 47.0 Å². The molecular formula is C114H140F3O9S11+7. The van der Waals surface area contributed by atoms with Gasteiger partial charge in [-0.3, -0.25) is 0 Å². The molecule has 0 aliphatic carbocycles. The number of aromatic hydroxyl groups is 1. The molecule has 0 amide bonds. The van der Waals surface area contributed by atoms with Gasteiger partial charge in [-0.05, 0) is 153 Å². The fraction of sp³-hybridized carbons (Fsp3) is 0.421. The van der Waals surface area contributed by atoms with Crippen LogP contribution in [0.15, 0.2) is 277 Å². The number of ether oxygens (including phenoxy) is 8. The van der Waals surface area contributed by atoms with Crippen molar-refractivity contribution < 1.29 is 56.2 Å². The van der Waals surface area contributed by atoms with E-state index in [4.69, 9.17) is 37.9 Å². The minimum absolute atomic E-state index is 0.0853. The lowest BCUT2D eigenvalue weighted by Crippen LogP contribution is -2.26. The number of halogens is 3. The molecule has 137 heavy (non-hydrogen) atoms. The highest BCUT2D eigenvalue weighted by molar-refractivity contribution is 8.06. The lowest BCUT2D eigenvalue weighted by molar-refractivity contribution is -0.153. The maximum atomic E-state index is 12.4. The van der Waals surface area contributed by atoms with Crippen LogP contribution in [0, 0.1) is 0 Å². The molecule has 7 fully saturated rings. The molecule has 7 aliphatic rings. The fourth-order valence-corrected chi connectivity index (χ4v) is 40.2. The molecule has 7 aliphatic heterocycles. The number of phenolic OH excluding ortho intramolecular Hbond substituents is 1. The van der Waals surface area contributed by atoms with E-state index >= 15 is 0 Å². The van der Waals surface area contributed by atoms with Crippen molar-refractivity contribution in [2.24, 2.45) is 0 Å². The number of thioether (sulfide) groups is 4. The van der Waals surface area contributed by atoms with E-state index in [9.17, 15) is 18.3 Å². The minimum atomic E-state index is -4.33. The lowest BCUT2D eigenvalue weighted by Gasteiger charge is -2.23. The number of benzene rings is 13. The average molecular weight is 2060 g/mol. The Morgan fingerprint density at radius 2 is 0.526 bits per heavy atom. The zero-order chi connectivity index (χ0) is 96.2. The molecule has 0 bridgehead atoms. The van der Waals surface area contributed by atoms with Gasteiger partial charge in [0.1, 0.15) is 117 Å². The van der Waals surface area contributed by atoms with Crippen LogP contribution in [-0.4, -0.2) is 225 Å². The third-order valence-electron chi connectivity index (χ3n) is 24.8. The number of hydrogen-bond donors (Lipinski definition) is 1. The van der Waals surface area contributed by atoms with Crippen LogP contribution < -0.4 is 14.2 Å². The molecule has 0 saturated carbocycles. The summed E-state index contributed by atoms with van der Waals surface area (Å²) in [5.41, 5.74) is 5.07. The zero-order valence-electron chi connectivity index (χ0n) is 81.8. The van der Waals surface area contributed by atoms with Gasteiger partial charge in [0, 0.05) is 190 Å². The number of alkyl halides is 3. The Balaban J connectivity index is 0.000000128. The third kappa shape index (κ3) is 30.1. The Bertz CT molecular complexity index is 5730. The number of hydrogen-bond acceptors (Lipinski definition) is 13. The zero-order valence-corrected chi connectivity index (χ0v) is 90.7. The number of rotatable bonds is 17. The second-order valence-electron chi connectivity index (χ2n) is 37.2. The Hall–Kier alpha value is -5.94. The largest absolute Gasteiger partial charge is 0.507 e. The Morgan fingerprint density at radius 3 is 0.825 bits per heavy atom. The van der Waals surface area contributed by atoms with Crippen molar-refractivity contribution in [2.75, 3.05) is 213 Å². The minimum Gasteiger partial charge on any atom is -0.507 e. The summed E-state index contributed by atoms with van der Waals surface area (Å²) < 4.78 is 80.4. The molecule has 20 rings (SSSR count). The summed E-state index contributed by atoms with van der Waals surface area (Å²) in [7, 11) is 5.91. The monoisotopic (exact) mass is 2060 g/mol. The lowest BCUT2D eigenvalue weighted by atomic mass is 9.84. The summed E-state index contributed by atoms with van der Waals surface area (Å²) in [6.45, 7) is 26.9. The summed E-state index contributed by atoms with van der Waals surface area (Å²) in [5.74, 6) is 30.4. The first kappa shape index (κ1) is 107. The first-order chi connectivity index (χ1) is 66.4. The summed E-state index contributed by atoms with van der Waals surface area (Å²) in [6, 6.07) is 86.0. The highest BCUT2D eigenvalue weighted by Gasteiger charge is 2.37. The number of phenols is 1. The smallest absolute Gasteiger partial charge is 0.422 e. The van der Waals surface area contributed by atoms with Crippen molar-refractivity contribution in [2.45, 2.75) is 119 Å². The predicted molar refractivity (Wildman–Crippen MR) is 603 cm³/mol. The normalized spacial score (nSPS) is 17.2. The molecule has 23 heteroatoms. The van der Waals surface area contributed by atoms with Gasteiger partial charge in [0.2, 0.25) is 0 Å². The van der Waals surface area contributed by atoms with E-state index in [1.807, 2.05) is 48.5 Å². The standard InChI is InChI=1S/C18H23OS.C18H23S2.C17H21O3S.C17H21O2S2.C16H16F3O2S.C14H14OS2.C14H21S2/c2*1-18(2,3)16-8-9-17(20-12-10-19-11-13-20)15-7-5-4-6-14(15)16;1-18-8-9-20-16-6-7-17(21-12-10-19-11-13-21)15-5-3-2-4-14(15)16;1-18-8-9-19-16-6-7-17(21-12-10-20-11-13-21)15-5-3-2-4-14(15)16;17-16(18,19)11-21-14-5-6-15(22-9-7-20-8-10-22)13-4-2-1-3-12(13)14;15-13-5-6-14(17-9-7-16-8-10-17)12-4-2-1-3-11(12)13;1-14(2,3)12-4-6-13(7-5-12)16-10-8-15-9-11-16/h2*4-9H,10-13H2,1-3H3;2*2-7H,8-13H2,1H3;1-6H,7-11H2;1-6H,7-10H2;4-7H,8-11H2,1-3H3/q5*+1;;+1/p+1. The number of methoxy groups -OCH3 is 2. The van der Waals surface area contributed by atoms with E-state index in [1.165, 1.54) is 193 Å². The molecule has 0 unspecified atom stereocenters. The van der Waals surface area contributed by atoms with Crippen molar-refractivity contribution in [3.05, 3.63) is 259 Å². The van der Waals surface area contributed by atoms with Crippen LogP contribution in [0.2, 0.25) is 0 Å². The van der Waals surface area contributed by atoms with Gasteiger partial charge in [-0.2, -0.15) is 60.2 Å². The fourth-order valence-electron chi connectivity index (χ4n) is 17.7. The second kappa shape index (κ2) is 53.1. The van der Waals surface area contributed by atoms with Crippen LogP contribution in [0.5, 0.6) is 23.0 Å². The molecule has 13 aromatic carbocycles. The molecule has 7 saturated heterocycles. The van der Waals surface area contributed by atoms with Gasteiger partial charge in [-0.1, -0.05) is 196 Å². The van der Waals surface area contributed by atoms with Gasteiger partial charge in [0.15, 0.2) is 40.9 Å². The van der Waals surface area contributed by atoms with Gasteiger partial charge in [-0.15, -0.1) is 0 Å². The van der Waals surface area contributed by atoms with E-state index in [2.05, 4.69) is 297 Å². The van der Waals surface area contributed by atoms with Gasteiger partial charge < -0.3 is 43.0 Å². The summed E-state index contributed by atoms with van der Waals surface area (Å²) in [6.07, 6.45) is -4.33. The van der Waals surface area contributed by atoms with E-state index < -0.39 is 12.8 Å². The SMILES string of the molecule is CC(C)(C)c1ccc([S+]2CCOCC2)c2ccccc12.CC(C)(C)c1ccc([S+]2CCSCC2)c2ccccc12.CC(C)(C)c1ccc([S+]2CCSCC2)cc1.COCCOc1ccc([S+]2CCOCC2)c2ccccc12.COCCOc1ccc([S+]2CCSCC2)c2ccccc12.FC(F)(F)COc1ccc([S+]2CCOCC2)c2ccccc12.Oc1ccc([S+]2CCSCC2)c2ccccc12. The maximum Gasteiger partial charge on any atom is 0.422 e. The van der Waals surface area contributed by atoms with E-state index in [1.54, 1.807) is 30.1 Å². The summed E-state index contributed by atoms with van der Waals surface area (Å²) >= 11 is 8.36. The van der Waals surface area contributed by atoms with Crippen molar-refractivity contribution in [1.29, 1.82) is 0 Å². The first-order valence-electron chi connectivity index (χ1n) is 48.0. The molecular weight excluding hydrogens is 1920 g/mol. The topological polar surface area (TPSA) is 94.1 Å².